The van der Waals surface area contributed by atoms with Crippen LogP contribution in [0.5, 0.6) is 5.75 Å². The zero-order valence-electron chi connectivity index (χ0n) is 13.7. The lowest BCUT2D eigenvalue weighted by Gasteiger charge is -2.18. The predicted octanol–water partition coefficient (Wildman–Crippen LogP) is 5.10. The molecule has 0 saturated carbocycles. The summed E-state index contributed by atoms with van der Waals surface area (Å²) >= 11 is 0. The number of aromatic carboxylic acids is 1. The molecular formula is C18H28O3. The van der Waals surface area contributed by atoms with Crippen LogP contribution in [0.2, 0.25) is 0 Å². The number of rotatable bonds is 9. The first-order valence-corrected chi connectivity index (χ1v) is 7.96. The SMILES string of the molecule is CCC(C)c1cccc(C(=O)O)c1OCCCCC(C)C. The smallest absolute Gasteiger partial charge is 0.339 e. The quantitative estimate of drug-likeness (QED) is 0.644. The summed E-state index contributed by atoms with van der Waals surface area (Å²) in [5.74, 6) is 0.642. The van der Waals surface area contributed by atoms with Gasteiger partial charge in [0.15, 0.2) is 0 Å². The molecule has 0 heterocycles. The zero-order valence-corrected chi connectivity index (χ0v) is 13.7. The number of hydrogen-bond acceptors (Lipinski definition) is 2. The Morgan fingerprint density at radius 2 is 1.95 bits per heavy atom. The van der Waals surface area contributed by atoms with Crippen molar-refractivity contribution in [3.63, 3.8) is 0 Å². The van der Waals surface area contributed by atoms with Gasteiger partial charge in [-0.25, -0.2) is 4.79 Å². The van der Waals surface area contributed by atoms with Gasteiger partial charge in [0.25, 0.3) is 0 Å². The maximum absolute atomic E-state index is 11.4. The van der Waals surface area contributed by atoms with Gasteiger partial charge in [0, 0.05) is 0 Å². The average molecular weight is 292 g/mol. The lowest BCUT2D eigenvalue weighted by Crippen LogP contribution is -2.08. The van der Waals surface area contributed by atoms with Crippen LogP contribution in [0.4, 0.5) is 0 Å². The van der Waals surface area contributed by atoms with Gasteiger partial charge in [0.1, 0.15) is 11.3 Å². The van der Waals surface area contributed by atoms with Gasteiger partial charge < -0.3 is 9.84 Å². The highest BCUT2D eigenvalue weighted by atomic mass is 16.5. The molecule has 0 bridgehead atoms. The number of para-hydroxylation sites is 1. The molecule has 1 N–H and O–H groups in total. The van der Waals surface area contributed by atoms with Crippen LogP contribution in [-0.2, 0) is 0 Å². The van der Waals surface area contributed by atoms with Crippen LogP contribution < -0.4 is 4.74 Å². The van der Waals surface area contributed by atoms with Crippen molar-refractivity contribution in [3.05, 3.63) is 29.3 Å². The molecule has 0 fully saturated rings. The van der Waals surface area contributed by atoms with Gasteiger partial charge >= 0.3 is 5.97 Å². The Morgan fingerprint density at radius 1 is 1.24 bits per heavy atom. The van der Waals surface area contributed by atoms with Crippen LogP contribution in [0, 0.1) is 5.92 Å². The number of unbranched alkanes of at least 4 members (excludes halogenated alkanes) is 1. The molecule has 0 aromatic heterocycles. The van der Waals surface area contributed by atoms with E-state index in [4.69, 9.17) is 4.74 Å². The molecule has 21 heavy (non-hydrogen) atoms. The fourth-order valence-electron chi connectivity index (χ4n) is 2.32. The van der Waals surface area contributed by atoms with Crippen LogP contribution in [0.1, 0.15) is 75.2 Å². The van der Waals surface area contributed by atoms with Crippen molar-refractivity contribution in [1.82, 2.24) is 0 Å². The fraction of sp³-hybridized carbons (Fsp3) is 0.611. The van der Waals surface area contributed by atoms with Crippen LogP contribution >= 0.6 is 0 Å². The molecule has 0 aliphatic carbocycles. The lowest BCUT2D eigenvalue weighted by molar-refractivity contribution is 0.0692. The summed E-state index contributed by atoms with van der Waals surface area (Å²) in [7, 11) is 0. The minimum absolute atomic E-state index is 0.275. The first-order chi connectivity index (χ1) is 9.97. The van der Waals surface area contributed by atoms with Crippen molar-refractivity contribution in [3.8, 4) is 5.75 Å². The zero-order chi connectivity index (χ0) is 15.8. The minimum atomic E-state index is -0.919. The molecule has 1 aromatic rings. The summed E-state index contributed by atoms with van der Waals surface area (Å²) in [5.41, 5.74) is 1.28. The lowest BCUT2D eigenvalue weighted by atomic mass is 9.95. The van der Waals surface area contributed by atoms with Crippen LogP contribution in [0.15, 0.2) is 18.2 Å². The van der Waals surface area contributed by atoms with Gasteiger partial charge in [0.05, 0.1) is 6.61 Å². The minimum Gasteiger partial charge on any atom is -0.492 e. The van der Waals surface area contributed by atoms with E-state index in [2.05, 4.69) is 27.7 Å². The van der Waals surface area contributed by atoms with E-state index in [1.807, 2.05) is 6.07 Å². The third-order valence-electron chi connectivity index (χ3n) is 3.84. The first kappa shape index (κ1) is 17.5. The Labute approximate surface area is 128 Å². The number of carboxylic acid groups (broad SMARTS) is 1. The number of benzene rings is 1. The predicted molar refractivity (Wildman–Crippen MR) is 86.3 cm³/mol. The van der Waals surface area contributed by atoms with Crippen molar-refractivity contribution >= 4 is 5.97 Å². The van der Waals surface area contributed by atoms with E-state index in [1.165, 1.54) is 6.42 Å². The molecule has 1 unspecified atom stereocenters. The van der Waals surface area contributed by atoms with E-state index in [0.717, 1.165) is 24.8 Å². The number of ether oxygens (including phenoxy) is 1. The number of carboxylic acids is 1. The summed E-state index contributed by atoms with van der Waals surface area (Å²) < 4.78 is 5.85. The fourth-order valence-corrected chi connectivity index (χ4v) is 2.32. The molecule has 3 nitrogen and oxygen atoms in total. The first-order valence-electron chi connectivity index (χ1n) is 7.96. The molecule has 1 atom stereocenters. The summed E-state index contributed by atoms with van der Waals surface area (Å²) in [4.78, 5) is 11.4. The molecule has 0 amide bonds. The molecule has 0 radical (unpaired) electrons. The number of carbonyl (C=O) groups is 1. The highest BCUT2D eigenvalue weighted by molar-refractivity contribution is 5.91. The molecule has 0 aliphatic heterocycles. The molecule has 0 spiro atoms. The van der Waals surface area contributed by atoms with Crippen molar-refractivity contribution in [2.75, 3.05) is 6.61 Å². The Kier molecular flexibility index (Phi) is 7.27. The van der Waals surface area contributed by atoms with E-state index in [-0.39, 0.29) is 5.56 Å². The largest absolute Gasteiger partial charge is 0.492 e. The highest BCUT2D eigenvalue weighted by Gasteiger charge is 2.18. The van der Waals surface area contributed by atoms with E-state index in [9.17, 15) is 9.90 Å². The molecule has 0 aliphatic rings. The molecular weight excluding hydrogens is 264 g/mol. The van der Waals surface area contributed by atoms with Crippen molar-refractivity contribution < 1.29 is 14.6 Å². The average Bonchev–Trinajstić information content (AvgIpc) is 2.45. The van der Waals surface area contributed by atoms with Gasteiger partial charge in [0.2, 0.25) is 0 Å². The standard InChI is InChI=1S/C18H28O3/c1-5-14(4)15-10-8-11-16(18(19)20)17(15)21-12-7-6-9-13(2)3/h8,10-11,13-14H,5-7,9,12H2,1-4H3,(H,19,20). The Morgan fingerprint density at radius 3 is 2.52 bits per heavy atom. The molecule has 1 rings (SSSR count). The summed E-state index contributed by atoms with van der Waals surface area (Å²) in [6, 6.07) is 5.40. The van der Waals surface area contributed by atoms with Crippen LogP contribution in [0.3, 0.4) is 0 Å². The van der Waals surface area contributed by atoms with E-state index >= 15 is 0 Å². The summed E-state index contributed by atoms with van der Waals surface area (Å²) in [6.07, 6.45) is 4.23. The highest BCUT2D eigenvalue weighted by Crippen LogP contribution is 2.32. The Bertz CT molecular complexity index is 452. The van der Waals surface area contributed by atoms with Crippen molar-refractivity contribution in [2.24, 2.45) is 5.92 Å². The van der Waals surface area contributed by atoms with E-state index in [1.54, 1.807) is 12.1 Å². The third-order valence-corrected chi connectivity index (χ3v) is 3.84. The van der Waals surface area contributed by atoms with Gasteiger partial charge in [-0.3, -0.25) is 0 Å². The van der Waals surface area contributed by atoms with Crippen molar-refractivity contribution in [1.29, 1.82) is 0 Å². The second-order valence-electron chi connectivity index (χ2n) is 6.08. The Balaban J connectivity index is 2.79. The normalized spacial score (nSPS) is 12.4. The van der Waals surface area contributed by atoms with Gasteiger partial charge in [-0.05, 0) is 42.7 Å². The van der Waals surface area contributed by atoms with E-state index < -0.39 is 5.97 Å². The van der Waals surface area contributed by atoms with Crippen LogP contribution in [-0.4, -0.2) is 17.7 Å². The van der Waals surface area contributed by atoms with Gasteiger partial charge in [-0.2, -0.15) is 0 Å². The van der Waals surface area contributed by atoms with E-state index in [0.29, 0.717) is 24.2 Å². The van der Waals surface area contributed by atoms with Crippen molar-refractivity contribution in [2.45, 2.75) is 59.3 Å². The summed E-state index contributed by atoms with van der Waals surface area (Å²) in [5, 5.41) is 9.34. The molecule has 0 saturated heterocycles. The molecule has 3 heteroatoms. The topological polar surface area (TPSA) is 46.5 Å². The molecule has 118 valence electrons. The molecule has 1 aromatic carbocycles. The monoisotopic (exact) mass is 292 g/mol. The summed E-state index contributed by atoms with van der Waals surface area (Å²) in [6.45, 7) is 9.21. The second kappa shape index (κ2) is 8.71. The van der Waals surface area contributed by atoms with Crippen LogP contribution in [0.25, 0.3) is 0 Å². The van der Waals surface area contributed by atoms with Gasteiger partial charge in [-0.15, -0.1) is 0 Å². The van der Waals surface area contributed by atoms with Gasteiger partial charge in [-0.1, -0.05) is 46.2 Å². The Hall–Kier alpha value is -1.51. The maximum atomic E-state index is 11.4. The number of hydrogen-bond donors (Lipinski definition) is 1. The second-order valence-corrected chi connectivity index (χ2v) is 6.08. The maximum Gasteiger partial charge on any atom is 0.339 e. The third kappa shape index (κ3) is 5.41.